The fraction of sp³-hybridized carbons (Fsp3) is 0.0909. The van der Waals surface area contributed by atoms with E-state index in [1.165, 1.54) is 17.4 Å². The number of sulfonamides is 1. The average molecular weight is 326 g/mol. The number of hydrazone groups is 1. The molecule has 0 aliphatic heterocycles. The molecule has 0 spiro atoms. The van der Waals surface area contributed by atoms with Crippen LogP contribution in [-0.2, 0) is 10.0 Å². The number of amidine groups is 1. The third kappa shape index (κ3) is 3.19. The second-order valence-electron chi connectivity index (χ2n) is 4.14. The molecule has 8 nitrogen and oxygen atoms in total. The topological polar surface area (TPSA) is 149 Å². The lowest BCUT2D eigenvalue weighted by Crippen LogP contribution is -2.26. The van der Waals surface area contributed by atoms with Gasteiger partial charge in [0.25, 0.3) is 0 Å². The largest absolute Gasteiger partial charge is 0.382 e. The molecule has 0 aliphatic rings. The number of nitrogens with two attached hydrogens (primary N) is 3. The highest BCUT2D eigenvalue weighted by molar-refractivity contribution is 7.89. The molecular weight excluding hydrogens is 312 g/mol. The predicted octanol–water partition coefficient (Wildman–Crippen LogP) is -0.150. The van der Waals surface area contributed by atoms with Gasteiger partial charge in [0.1, 0.15) is 5.01 Å². The normalized spacial score (nSPS) is 12.4. The van der Waals surface area contributed by atoms with Crippen LogP contribution < -0.4 is 22.3 Å². The van der Waals surface area contributed by atoms with Crippen LogP contribution in [0.2, 0.25) is 0 Å². The smallest absolute Gasteiger partial charge is 0.238 e. The van der Waals surface area contributed by atoms with E-state index in [1.54, 1.807) is 12.1 Å². The number of nitrogens with one attached hydrogen (secondary N) is 1. The summed E-state index contributed by atoms with van der Waals surface area (Å²) in [5, 5.41) is 11.3. The minimum absolute atomic E-state index is 0.0926. The van der Waals surface area contributed by atoms with E-state index < -0.39 is 10.0 Å². The summed E-state index contributed by atoms with van der Waals surface area (Å²) >= 11 is 1.36. The van der Waals surface area contributed by atoms with Crippen LogP contribution in [0.3, 0.4) is 0 Å². The molecule has 0 bridgehead atoms. The molecule has 1 aromatic carbocycles. The molecular formula is C11H14N6O2S2. The summed E-state index contributed by atoms with van der Waals surface area (Å²) in [5.41, 5.74) is 9.36. The van der Waals surface area contributed by atoms with Gasteiger partial charge >= 0.3 is 0 Å². The summed E-state index contributed by atoms with van der Waals surface area (Å²) in [5.74, 6) is 5.01. The summed E-state index contributed by atoms with van der Waals surface area (Å²) in [6.45, 7) is 1.84. The second-order valence-corrected chi connectivity index (χ2v) is 6.53. The molecule has 0 unspecified atom stereocenters. The Morgan fingerprint density at radius 2 is 2.14 bits per heavy atom. The molecule has 0 amide bonds. The van der Waals surface area contributed by atoms with Crippen LogP contribution in [0.1, 0.15) is 11.3 Å². The molecule has 2 aromatic rings. The summed E-state index contributed by atoms with van der Waals surface area (Å²) in [4.78, 5) is 4.19. The number of hydrogen-bond acceptors (Lipinski definition) is 7. The number of thiazole rings is 1. The Bertz CT molecular complexity index is 797. The van der Waals surface area contributed by atoms with Gasteiger partial charge in [-0.2, -0.15) is 0 Å². The number of benzene rings is 1. The number of aryl methyl sites for hydroxylation is 1. The van der Waals surface area contributed by atoms with Crippen molar-refractivity contribution < 1.29 is 8.42 Å². The van der Waals surface area contributed by atoms with Gasteiger partial charge in [-0.25, -0.2) is 29.9 Å². The van der Waals surface area contributed by atoms with E-state index in [0.717, 1.165) is 5.69 Å². The molecule has 0 fully saturated rings. The highest BCUT2D eigenvalue weighted by Crippen LogP contribution is 2.30. The molecule has 0 atom stereocenters. The van der Waals surface area contributed by atoms with Crippen molar-refractivity contribution in [3.8, 4) is 10.6 Å². The lowest BCUT2D eigenvalue weighted by molar-refractivity contribution is 0.597. The van der Waals surface area contributed by atoms with Gasteiger partial charge < -0.3 is 5.73 Å². The van der Waals surface area contributed by atoms with Gasteiger partial charge in [-0.3, -0.25) is 0 Å². The van der Waals surface area contributed by atoms with Crippen LogP contribution in [0.15, 0.2) is 33.6 Å². The van der Waals surface area contributed by atoms with Crippen LogP contribution in [0.25, 0.3) is 10.6 Å². The van der Waals surface area contributed by atoms with Crippen molar-refractivity contribution in [1.82, 2.24) is 10.5 Å². The van der Waals surface area contributed by atoms with E-state index in [2.05, 4.69) is 10.1 Å². The lowest BCUT2D eigenvalue weighted by atomic mass is 10.1. The third-order valence-corrected chi connectivity index (χ3v) is 4.57. The van der Waals surface area contributed by atoms with Gasteiger partial charge in [-0.15, -0.1) is 16.4 Å². The summed E-state index contributed by atoms with van der Waals surface area (Å²) in [7, 11) is -3.97. The van der Waals surface area contributed by atoms with Crippen LogP contribution in [0, 0.1) is 6.92 Å². The van der Waals surface area contributed by atoms with Gasteiger partial charge in [-0.1, -0.05) is 12.1 Å². The Kier molecular flexibility index (Phi) is 4.23. The van der Waals surface area contributed by atoms with Crippen LogP contribution in [-0.4, -0.2) is 19.2 Å². The summed E-state index contributed by atoms with van der Waals surface area (Å²) < 4.78 is 23.5. The Balaban J connectivity index is 2.80. The van der Waals surface area contributed by atoms with Crippen LogP contribution in [0.5, 0.6) is 0 Å². The fourth-order valence-electron chi connectivity index (χ4n) is 1.81. The van der Waals surface area contributed by atoms with E-state index in [4.69, 9.17) is 16.7 Å². The van der Waals surface area contributed by atoms with Crippen molar-refractivity contribution >= 4 is 27.2 Å². The highest BCUT2D eigenvalue weighted by Gasteiger charge is 2.22. The maximum absolute atomic E-state index is 11.7. The minimum Gasteiger partial charge on any atom is -0.382 e. The maximum atomic E-state index is 11.7. The quantitative estimate of drug-likeness (QED) is 0.265. The Morgan fingerprint density at radius 3 is 2.67 bits per heavy atom. The number of hydrazine groups is 1. The zero-order chi connectivity index (χ0) is 15.6. The first kappa shape index (κ1) is 15.4. The predicted molar refractivity (Wildman–Crippen MR) is 81.7 cm³/mol. The molecule has 2 rings (SSSR count). The van der Waals surface area contributed by atoms with Crippen molar-refractivity contribution in [2.45, 2.75) is 11.8 Å². The Hall–Kier alpha value is -2.01. The van der Waals surface area contributed by atoms with E-state index in [0.29, 0.717) is 10.6 Å². The van der Waals surface area contributed by atoms with Crippen LogP contribution >= 0.6 is 11.3 Å². The molecule has 0 aliphatic carbocycles. The summed E-state index contributed by atoms with van der Waals surface area (Å²) in [6, 6.07) is 4.62. The van der Waals surface area contributed by atoms with Gasteiger partial charge in [0, 0.05) is 22.2 Å². The number of primary sulfonamides is 1. The second kappa shape index (κ2) is 5.77. The molecule has 0 radical (unpaired) electrons. The molecule has 7 N–H and O–H groups in total. The molecule has 1 aromatic heterocycles. The number of nitrogens with zero attached hydrogens (tertiary/aromatic N) is 2. The first-order valence-electron chi connectivity index (χ1n) is 5.72. The van der Waals surface area contributed by atoms with Crippen molar-refractivity contribution in [3.05, 3.63) is 34.8 Å². The lowest BCUT2D eigenvalue weighted by Gasteiger charge is -2.11. The number of rotatable bonds is 4. The third-order valence-electron chi connectivity index (χ3n) is 2.62. The van der Waals surface area contributed by atoms with E-state index >= 15 is 0 Å². The number of aromatic nitrogens is 1. The Labute approximate surface area is 125 Å². The van der Waals surface area contributed by atoms with Crippen molar-refractivity contribution in [2.24, 2.45) is 21.8 Å². The minimum atomic E-state index is -3.97. The molecule has 1 heterocycles. The van der Waals surface area contributed by atoms with Crippen molar-refractivity contribution in [3.63, 3.8) is 0 Å². The molecule has 21 heavy (non-hydrogen) atoms. The van der Waals surface area contributed by atoms with E-state index in [-0.39, 0.29) is 16.3 Å². The molecule has 0 saturated carbocycles. The van der Waals surface area contributed by atoms with E-state index in [9.17, 15) is 8.42 Å². The average Bonchev–Trinajstić information content (AvgIpc) is 2.83. The van der Waals surface area contributed by atoms with Gasteiger partial charge in [-0.05, 0) is 13.0 Å². The molecule has 112 valence electrons. The standard InChI is InChI=1S/C11H14N6O2S2/c1-6-5-20-11(15-6)7-3-2-4-8(21(14,18)19)9(7)10(12)16-17-13/h2-5,17H,13H2,1H3,(H2,12,16)(H2,14,18,19). The zero-order valence-corrected chi connectivity index (χ0v) is 12.7. The monoisotopic (exact) mass is 326 g/mol. The fourth-order valence-corrected chi connectivity index (χ4v) is 3.41. The van der Waals surface area contributed by atoms with Crippen molar-refractivity contribution in [2.75, 3.05) is 0 Å². The zero-order valence-electron chi connectivity index (χ0n) is 11.1. The molecule has 0 saturated heterocycles. The molecule has 10 heteroatoms. The first-order valence-corrected chi connectivity index (χ1v) is 8.14. The number of hydrogen-bond donors (Lipinski definition) is 4. The van der Waals surface area contributed by atoms with E-state index in [1.807, 2.05) is 17.8 Å². The summed E-state index contributed by atoms with van der Waals surface area (Å²) in [6.07, 6.45) is 0. The highest BCUT2D eigenvalue weighted by atomic mass is 32.2. The van der Waals surface area contributed by atoms with Crippen LogP contribution in [0.4, 0.5) is 0 Å². The van der Waals surface area contributed by atoms with Gasteiger partial charge in [0.2, 0.25) is 10.0 Å². The van der Waals surface area contributed by atoms with Crippen molar-refractivity contribution in [1.29, 1.82) is 0 Å². The SMILES string of the molecule is Cc1csc(-c2cccc(S(N)(=O)=O)c2/C(N)=N/NN)n1. The first-order chi connectivity index (χ1) is 9.84. The van der Waals surface area contributed by atoms with Gasteiger partial charge in [0.15, 0.2) is 5.84 Å². The Morgan fingerprint density at radius 1 is 1.43 bits per heavy atom. The van der Waals surface area contributed by atoms with Gasteiger partial charge in [0.05, 0.1) is 4.90 Å². The maximum Gasteiger partial charge on any atom is 0.238 e.